The molecule has 11 nitrogen and oxygen atoms in total. The molecule has 0 aromatic heterocycles. The molecule has 1 amide bonds. The average molecular weight is 1090 g/mol. The lowest BCUT2D eigenvalue weighted by molar-refractivity contribution is -0.305. The Morgan fingerprint density at radius 3 is 1.38 bits per heavy atom. The number of unbranched alkanes of at least 4 members (excludes halogenated alkanes) is 35. The Balaban J connectivity index is 2.66. The fraction of sp³-hybridized carbons (Fsp3) is 0.848. The van der Waals surface area contributed by atoms with E-state index in [0.29, 0.717) is 12.8 Å². The number of carbonyl (C=O) groups excluding carboxylic acids is 2. The molecule has 0 radical (unpaired) electrons. The largest absolute Gasteiger partial charge is 0.454 e. The minimum absolute atomic E-state index is 0.119. The summed E-state index contributed by atoms with van der Waals surface area (Å²) in [5, 5.41) is 57.1. The summed E-state index contributed by atoms with van der Waals surface area (Å²) in [4.78, 5) is 26.6. The molecule has 6 N–H and O–H groups in total. The van der Waals surface area contributed by atoms with Crippen LogP contribution in [0.2, 0.25) is 0 Å². The van der Waals surface area contributed by atoms with Crippen LogP contribution in [0.15, 0.2) is 48.6 Å². The molecule has 11 heteroatoms. The van der Waals surface area contributed by atoms with Gasteiger partial charge >= 0.3 is 5.97 Å². The van der Waals surface area contributed by atoms with Gasteiger partial charge in [-0.05, 0) is 83.5 Å². The molecule has 1 heterocycles. The topological polar surface area (TPSA) is 175 Å². The first-order chi connectivity index (χ1) is 37.7. The number of nitrogens with one attached hydrogen (secondary N) is 1. The molecule has 8 atom stereocenters. The summed E-state index contributed by atoms with van der Waals surface area (Å²) in [5.74, 6) is -1.19. The highest BCUT2D eigenvalue weighted by atomic mass is 16.7. The van der Waals surface area contributed by atoms with Crippen molar-refractivity contribution in [3.63, 3.8) is 0 Å². The van der Waals surface area contributed by atoms with Crippen LogP contribution in [-0.4, -0.2) is 99.6 Å². The number of amides is 1. The van der Waals surface area contributed by atoms with Crippen LogP contribution in [0.5, 0.6) is 0 Å². The minimum atomic E-state index is -1.61. The zero-order valence-electron chi connectivity index (χ0n) is 49.8. The zero-order chi connectivity index (χ0) is 56.1. The van der Waals surface area contributed by atoms with E-state index >= 15 is 0 Å². The smallest absolute Gasteiger partial charge is 0.306 e. The van der Waals surface area contributed by atoms with Crippen LogP contribution in [0, 0.1) is 0 Å². The standard InChI is InChI=1S/C66H121NO10/c1-4-7-10-13-16-19-22-25-27-28-29-30-31-33-35-38-41-44-47-50-53-59(70)65(74)67-57(58(69)52-49-46-43-40-37-34-24-21-18-15-12-9-6-3)56-75-66-64(63(73)62(72)60(55-68)76-66)77-61(71)54-51-48-45-42-39-36-32-26-23-20-17-14-11-8-5-2/h16,19-20,23,25,27,49,52,57-60,62-64,66,68-70,72-73H,4-15,17-18,21-22,24,26,28-48,50-51,53-56H2,1-3H3,(H,67,74)/b19-16-,23-20-,27-25-,52-49+. The van der Waals surface area contributed by atoms with Crippen molar-refractivity contribution in [3.05, 3.63) is 48.6 Å². The second-order valence-corrected chi connectivity index (χ2v) is 22.5. The molecule has 8 unspecified atom stereocenters. The van der Waals surface area contributed by atoms with Crippen LogP contribution in [0.3, 0.4) is 0 Å². The highest BCUT2D eigenvalue weighted by molar-refractivity contribution is 5.80. The molecule has 0 aromatic carbocycles. The molecule has 1 rings (SSSR count). The third-order valence-corrected chi connectivity index (χ3v) is 15.2. The number of carbonyl (C=O) groups is 2. The van der Waals surface area contributed by atoms with Crippen molar-refractivity contribution in [1.82, 2.24) is 5.32 Å². The number of hydrogen-bond donors (Lipinski definition) is 6. The zero-order valence-corrected chi connectivity index (χ0v) is 49.8. The molecule has 1 aliphatic rings. The molecule has 1 fully saturated rings. The van der Waals surface area contributed by atoms with Crippen LogP contribution < -0.4 is 5.32 Å². The first-order valence-corrected chi connectivity index (χ1v) is 32.4. The van der Waals surface area contributed by atoms with Crippen LogP contribution in [-0.2, 0) is 23.8 Å². The maximum absolute atomic E-state index is 13.4. The fourth-order valence-electron chi connectivity index (χ4n) is 10.0. The third kappa shape index (κ3) is 42.2. The molecule has 1 saturated heterocycles. The SMILES string of the molecule is CCCCC/C=C\C/C=C\CCCCCCCCCCCCC(O)C(=O)NC(COC1OC(CO)C(O)C(O)C1OC(=O)CCCCCCCCC/C=C\CCCCCC)C(O)/C=C/CCCCCCCCCCCCC. The molecule has 0 aliphatic carbocycles. The van der Waals surface area contributed by atoms with Gasteiger partial charge in [-0.1, -0.05) is 256 Å². The predicted molar refractivity (Wildman–Crippen MR) is 320 cm³/mol. The summed E-state index contributed by atoms with van der Waals surface area (Å²) >= 11 is 0. The highest BCUT2D eigenvalue weighted by Gasteiger charge is 2.47. The second-order valence-electron chi connectivity index (χ2n) is 22.5. The van der Waals surface area contributed by atoms with Crippen molar-refractivity contribution in [2.45, 2.75) is 346 Å². The molecule has 0 spiro atoms. The van der Waals surface area contributed by atoms with E-state index in [1.165, 1.54) is 167 Å². The van der Waals surface area contributed by atoms with Crippen LogP contribution in [0.4, 0.5) is 0 Å². The molecule has 0 saturated carbocycles. The van der Waals surface area contributed by atoms with Gasteiger partial charge in [-0.15, -0.1) is 0 Å². The Morgan fingerprint density at radius 1 is 0.506 bits per heavy atom. The summed E-state index contributed by atoms with van der Waals surface area (Å²) in [6.07, 6.45) is 55.7. The van der Waals surface area contributed by atoms with E-state index in [1.807, 2.05) is 6.08 Å². The van der Waals surface area contributed by atoms with Gasteiger partial charge < -0.3 is 45.1 Å². The average Bonchev–Trinajstić information content (AvgIpc) is 3.43. The lowest BCUT2D eigenvalue weighted by Gasteiger charge is -2.41. The summed E-state index contributed by atoms with van der Waals surface area (Å²) in [6, 6.07) is -1.03. The highest BCUT2D eigenvalue weighted by Crippen LogP contribution is 2.26. The number of ether oxygens (including phenoxy) is 3. The van der Waals surface area contributed by atoms with Crippen LogP contribution >= 0.6 is 0 Å². The molecule has 0 aromatic rings. The number of allylic oxidation sites excluding steroid dienone is 7. The van der Waals surface area contributed by atoms with E-state index in [1.54, 1.807) is 6.08 Å². The minimum Gasteiger partial charge on any atom is -0.454 e. The van der Waals surface area contributed by atoms with Crippen LogP contribution in [0.25, 0.3) is 0 Å². The van der Waals surface area contributed by atoms with Crippen molar-refractivity contribution >= 4 is 11.9 Å². The Bertz CT molecular complexity index is 1440. The van der Waals surface area contributed by atoms with E-state index in [2.05, 4.69) is 62.5 Å². The maximum atomic E-state index is 13.4. The summed E-state index contributed by atoms with van der Waals surface area (Å²) in [5.41, 5.74) is 0. The third-order valence-electron chi connectivity index (χ3n) is 15.2. The summed E-state index contributed by atoms with van der Waals surface area (Å²) in [7, 11) is 0. The normalized spacial score (nSPS) is 19.3. The Kier molecular flexibility index (Phi) is 51.1. The van der Waals surface area contributed by atoms with Gasteiger partial charge in [-0.2, -0.15) is 0 Å². The van der Waals surface area contributed by atoms with Gasteiger partial charge in [-0.3, -0.25) is 9.59 Å². The number of rotatable bonds is 55. The summed E-state index contributed by atoms with van der Waals surface area (Å²) < 4.78 is 17.6. The second kappa shape index (κ2) is 54.2. The van der Waals surface area contributed by atoms with Crippen molar-refractivity contribution in [2.75, 3.05) is 13.2 Å². The monoisotopic (exact) mass is 1090 g/mol. The van der Waals surface area contributed by atoms with Gasteiger partial charge in [0, 0.05) is 6.42 Å². The molecular weight excluding hydrogens is 967 g/mol. The molecule has 77 heavy (non-hydrogen) atoms. The van der Waals surface area contributed by atoms with Crippen molar-refractivity contribution in [2.24, 2.45) is 0 Å². The quantitative estimate of drug-likeness (QED) is 0.0195. The number of hydrogen-bond acceptors (Lipinski definition) is 10. The van der Waals surface area contributed by atoms with Crippen molar-refractivity contribution in [1.29, 1.82) is 0 Å². The summed E-state index contributed by atoms with van der Waals surface area (Å²) in [6.45, 7) is 5.77. The van der Waals surface area contributed by atoms with Gasteiger partial charge in [0.1, 0.15) is 24.4 Å². The maximum Gasteiger partial charge on any atom is 0.306 e. The fourth-order valence-corrected chi connectivity index (χ4v) is 10.0. The van der Waals surface area contributed by atoms with Crippen LogP contribution in [0.1, 0.15) is 297 Å². The first kappa shape index (κ1) is 72.6. The van der Waals surface area contributed by atoms with Gasteiger partial charge in [0.2, 0.25) is 5.91 Å². The lowest BCUT2D eigenvalue weighted by atomic mass is 9.99. The van der Waals surface area contributed by atoms with Gasteiger partial charge in [0.25, 0.3) is 0 Å². The van der Waals surface area contributed by atoms with Gasteiger partial charge in [0.05, 0.1) is 25.4 Å². The van der Waals surface area contributed by atoms with Gasteiger partial charge in [0.15, 0.2) is 12.4 Å². The number of esters is 1. The van der Waals surface area contributed by atoms with E-state index < -0.39 is 67.4 Å². The number of aliphatic hydroxyl groups is 5. The van der Waals surface area contributed by atoms with Crippen molar-refractivity contribution in [3.8, 4) is 0 Å². The van der Waals surface area contributed by atoms with E-state index in [4.69, 9.17) is 14.2 Å². The predicted octanol–water partition coefficient (Wildman–Crippen LogP) is 15.6. The Labute approximate surface area is 472 Å². The first-order valence-electron chi connectivity index (χ1n) is 32.4. The lowest BCUT2D eigenvalue weighted by Crippen LogP contribution is -2.61. The molecule has 1 aliphatic heterocycles. The molecular formula is C66H121NO10. The van der Waals surface area contributed by atoms with Gasteiger partial charge in [-0.25, -0.2) is 0 Å². The Morgan fingerprint density at radius 2 is 0.896 bits per heavy atom. The van der Waals surface area contributed by atoms with E-state index in [0.717, 1.165) is 83.5 Å². The Hall–Kier alpha value is -2.38. The van der Waals surface area contributed by atoms with E-state index in [9.17, 15) is 35.1 Å². The van der Waals surface area contributed by atoms with E-state index in [-0.39, 0.29) is 19.4 Å². The molecule has 450 valence electrons. The van der Waals surface area contributed by atoms with Crippen molar-refractivity contribution < 1.29 is 49.3 Å². The number of aliphatic hydroxyl groups excluding tert-OH is 5. The molecule has 0 bridgehead atoms.